The molecule has 1 aliphatic rings. The van der Waals surface area contributed by atoms with E-state index in [1.165, 1.54) is 19.2 Å². The predicted octanol–water partition coefficient (Wildman–Crippen LogP) is 4.85. The van der Waals surface area contributed by atoms with Crippen LogP contribution in [0.1, 0.15) is 75.1 Å². The van der Waals surface area contributed by atoms with Crippen molar-refractivity contribution in [3.05, 3.63) is 59.2 Å². The van der Waals surface area contributed by atoms with Crippen molar-refractivity contribution >= 4 is 33.0 Å². The van der Waals surface area contributed by atoms with Crippen molar-refractivity contribution in [3.8, 4) is 0 Å². The Morgan fingerprint density at radius 3 is 2.58 bits per heavy atom. The molecule has 1 aliphatic heterocycles. The first-order chi connectivity index (χ1) is 18.9. The highest BCUT2D eigenvalue weighted by atomic mass is 32.2. The minimum Gasteiger partial charge on any atom is -0.465 e. The number of benzene rings is 2. The monoisotopic (exact) mass is 573 g/mol. The van der Waals surface area contributed by atoms with Gasteiger partial charge < -0.3 is 14.0 Å². The number of para-hydroxylation sites is 1. The first-order valence-electron chi connectivity index (χ1n) is 13.5. The first kappa shape index (κ1) is 29.7. The van der Waals surface area contributed by atoms with E-state index in [-0.39, 0.29) is 23.5 Å². The SMILES string of the molecule is CCCCc1nc2cccc(C(=O)OC)c2n1Cc1ccc(S(=O)(=O)N2CCCC2C(=O)OC(C)(C)C)cc1F. The minimum absolute atomic E-state index is 0.0416. The number of aryl methyl sites for hydroxylation is 1. The van der Waals surface area contributed by atoms with Crippen LogP contribution in [0.25, 0.3) is 11.0 Å². The Bertz CT molecular complexity index is 1530. The number of hydrogen-bond donors (Lipinski definition) is 0. The lowest BCUT2D eigenvalue weighted by molar-refractivity contribution is -0.158. The summed E-state index contributed by atoms with van der Waals surface area (Å²) in [4.78, 5) is 29.7. The van der Waals surface area contributed by atoms with Crippen molar-refractivity contribution < 1.29 is 31.9 Å². The lowest BCUT2D eigenvalue weighted by atomic mass is 10.1. The predicted molar refractivity (Wildman–Crippen MR) is 148 cm³/mol. The number of sulfonamides is 1. The van der Waals surface area contributed by atoms with Gasteiger partial charge in [-0.2, -0.15) is 4.31 Å². The molecule has 4 rings (SSSR count). The smallest absolute Gasteiger partial charge is 0.340 e. The highest BCUT2D eigenvalue weighted by Gasteiger charge is 2.41. The van der Waals surface area contributed by atoms with Gasteiger partial charge in [-0.25, -0.2) is 22.6 Å². The van der Waals surface area contributed by atoms with Crippen LogP contribution in [-0.4, -0.2) is 59.5 Å². The summed E-state index contributed by atoms with van der Waals surface area (Å²) >= 11 is 0. The number of carbonyl (C=O) groups is 2. The molecule has 0 amide bonds. The van der Waals surface area contributed by atoms with Crippen molar-refractivity contribution in [1.82, 2.24) is 13.9 Å². The molecule has 0 radical (unpaired) electrons. The highest BCUT2D eigenvalue weighted by molar-refractivity contribution is 7.89. The molecule has 0 spiro atoms. The van der Waals surface area contributed by atoms with Crippen molar-refractivity contribution in [2.75, 3.05) is 13.7 Å². The van der Waals surface area contributed by atoms with Gasteiger partial charge in [0.25, 0.3) is 0 Å². The molecule has 0 saturated carbocycles. The van der Waals surface area contributed by atoms with Crippen LogP contribution in [0.4, 0.5) is 4.39 Å². The van der Waals surface area contributed by atoms with Crippen LogP contribution >= 0.6 is 0 Å². The number of unbranched alkanes of at least 4 members (excludes halogenated alkanes) is 1. The van der Waals surface area contributed by atoms with E-state index in [0.717, 1.165) is 23.2 Å². The maximum absolute atomic E-state index is 15.5. The van der Waals surface area contributed by atoms with Gasteiger partial charge >= 0.3 is 11.9 Å². The van der Waals surface area contributed by atoms with Crippen molar-refractivity contribution in [2.45, 2.75) is 82.9 Å². The molecule has 0 N–H and O–H groups in total. The van der Waals surface area contributed by atoms with E-state index in [9.17, 15) is 18.0 Å². The van der Waals surface area contributed by atoms with E-state index in [0.29, 0.717) is 41.7 Å². The standard InChI is InChI=1S/C29H36FN3O6S/c1-6-7-13-25-31-23-11-8-10-21(27(34)38-5)26(23)32(25)18-19-14-15-20(17-22(19)30)40(36,37)33-16-9-12-24(33)28(35)39-29(2,3)4/h8,10-11,14-15,17,24H,6-7,9,12-13,16,18H2,1-5H3. The zero-order chi connectivity index (χ0) is 29.2. The molecule has 11 heteroatoms. The van der Waals surface area contributed by atoms with E-state index < -0.39 is 39.4 Å². The quantitative estimate of drug-likeness (QED) is 0.337. The number of aromatic nitrogens is 2. The maximum Gasteiger partial charge on any atom is 0.340 e. The van der Waals surface area contributed by atoms with Crippen molar-refractivity contribution in [2.24, 2.45) is 0 Å². The summed E-state index contributed by atoms with van der Waals surface area (Å²) in [6, 6.07) is 7.96. The van der Waals surface area contributed by atoms with Gasteiger partial charge in [-0.05, 0) is 64.3 Å². The summed E-state index contributed by atoms with van der Waals surface area (Å²) in [5, 5.41) is 0. The molecule has 2 heterocycles. The molecule has 1 saturated heterocycles. The molecule has 1 aromatic heterocycles. The number of carbonyl (C=O) groups excluding carboxylic acids is 2. The molecule has 1 atom stereocenters. The fourth-order valence-corrected chi connectivity index (χ4v) is 6.62. The number of halogens is 1. The van der Waals surface area contributed by atoms with Crippen LogP contribution in [0, 0.1) is 5.82 Å². The normalized spacial score (nSPS) is 16.4. The zero-order valence-electron chi connectivity index (χ0n) is 23.6. The Labute approximate surface area is 234 Å². The van der Waals surface area contributed by atoms with Gasteiger partial charge in [0.15, 0.2) is 0 Å². The number of esters is 2. The molecule has 1 fully saturated rings. The van der Waals surface area contributed by atoms with E-state index in [4.69, 9.17) is 14.5 Å². The molecule has 216 valence electrons. The molecule has 9 nitrogen and oxygen atoms in total. The topological polar surface area (TPSA) is 108 Å². The number of imidazole rings is 1. The maximum atomic E-state index is 15.5. The Balaban J connectivity index is 1.68. The Morgan fingerprint density at radius 1 is 1.18 bits per heavy atom. The minimum atomic E-state index is -4.15. The molecule has 40 heavy (non-hydrogen) atoms. The second kappa shape index (κ2) is 11.7. The average molecular weight is 574 g/mol. The Morgan fingerprint density at radius 2 is 1.93 bits per heavy atom. The van der Waals surface area contributed by atoms with E-state index in [1.807, 2.05) is 0 Å². The van der Waals surface area contributed by atoms with Gasteiger partial charge in [-0.3, -0.25) is 4.79 Å². The van der Waals surface area contributed by atoms with Crippen LogP contribution < -0.4 is 0 Å². The van der Waals surface area contributed by atoms with E-state index in [1.54, 1.807) is 43.5 Å². The van der Waals surface area contributed by atoms with Crippen LogP contribution in [0.5, 0.6) is 0 Å². The average Bonchev–Trinajstić information content (AvgIpc) is 3.53. The molecule has 1 unspecified atom stereocenters. The molecule has 2 aromatic carbocycles. The van der Waals surface area contributed by atoms with Gasteiger partial charge in [-0.15, -0.1) is 0 Å². The summed E-state index contributed by atoms with van der Waals surface area (Å²) in [5.41, 5.74) is 0.923. The van der Waals surface area contributed by atoms with Crippen LogP contribution in [-0.2, 0) is 37.3 Å². The Hall–Kier alpha value is -3.31. The lowest BCUT2D eigenvalue weighted by Gasteiger charge is -2.27. The van der Waals surface area contributed by atoms with Gasteiger partial charge in [0.2, 0.25) is 10.0 Å². The molecule has 0 bridgehead atoms. The Kier molecular flexibility index (Phi) is 8.65. The lowest BCUT2D eigenvalue weighted by Crippen LogP contribution is -2.43. The summed E-state index contributed by atoms with van der Waals surface area (Å²) in [6.45, 7) is 7.40. The van der Waals surface area contributed by atoms with Crippen LogP contribution in [0.3, 0.4) is 0 Å². The van der Waals surface area contributed by atoms with Gasteiger partial charge in [0.05, 0.1) is 35.1 Å². The third-order valence-electron chi connectivity index (χ3n) is 6.85. The first-order valence-corrected chi connectivity index (χ1v) is 14.9. The summed E-state index contributed by atoms with van der Waals surface area (Å²) in [6.07, 6.45) is 3.24. The largest absolute Gasteiger partial charge is 0.465 e. The molecule has 3 aromatic rings. The fourth-order valence-electron chi connectivity index (χ4n) is 4.96. The summed E-state index contributed by atoms with van der Waals surface area (Å²) in [5.74, 6) is -1.16. The van der Waals surface area contributed by atoms with Gasteiger partial charge in [-0.1, -0.05) is 25.5 Å². The van der Waals surface area contributed by atoms with Crippen LogP contribution in [0.15, 0.2) is 41.3 Å². The van der Waals surface area contributed by atoms with Crippen molar-refractivity contribution in [1.29, 1.82) is 0 Å². The van der Waals surface area contributed by atoms with Crippen LogP contribution in [0.2, 0.25) is 0 Å². The second-order valence-electron chi connectivity index (χ2n) is 10.9. The third-order valence-corrected chi connectivity index (χ3v) is 8.75. The number of methoxy groups -OCH3 is 1. The summed E-state index contributed by atoms with van der Waals surface area (Å²) < 4.78 is 55.8. The van der Waals surface area contributed by atoms with Crippen molar-refractivity contribution in [3.63, 3.8) is 0 Å². The number of ether oxygens (including phenoxy) is 2. The second-order valence-corrected chi connectivity index (χ2v) is 12.8. The third kappa shape index (κ3) is 6.05. The number of fused-ring (bicyclic) bond motifs is 1. The van der Waals surface area contributed by atoms with E-state index >= 15 is 4.39 Å². The molecular formula is C29H36FN3O6S. The zero-order valence-corrected chi connectivity index (χ0v) is 24.4. The highest BCUT2D eigenvalue weighted by Crippen LogP contribution is 2.30. The fraction of sp³-hybridized carbons (Fsp3) is 0.483. The molecule has 0 aliphatic carbocycles. The van der Waals surface area contributed by atoms with Gasteiger partial charge in [0.1, 0.15) is 23.3 Å². The summed E-state index contributed by atoms with van der Waals surface area (Å²) in [7, 11) is -2.86. The number of rotatable bonds is 9. The number of hydrogen-bond acceptors (Lipinski definition) is 7. The molecular weight excluding hydrogens is 537 g/mol. The number of nitrogens with zero attached hydrogens (tertiary/aromatic N) is 3. The van der Waals surface area contributed by atoms with E-state index in [2.05, 4.69) is 6.92 Å². The van der Waals surface area contributed by atoms with Gasteiger partial charge in [0, 0.05) is 18.5 Å².